The molecule has 0 bridgehead atoms. The molecule has 346 valence electrons. The molecule has 0 spiro atoms. The van der Waals surface area contributed by atoms with E-state index in [4.69, 9.17) is 0 Å². The van der Waals surface area contributed by atoms with Gasteiger partial charge in [0, 0.05) is 16.9 Å². The number of alkyl halides is 6. The molecule has 0 heterocycles. The van der Waals surface area contributed by atoms with Gasteiger partial charge in [-0.15, -0.1) is 0 Å². The van der Waals surface area contributed by atoms with Crippen LogP contribution < -0.4 is 25.6 Å². The van der Waals surface area contributed by atoms with Crippen molar-refractivity contribution in [2.24, 2.45) is 0 Å². The fourth-order valence-corrected chi connectivity index (χ4v) is 15.6. The molecular formula is C63H43F6NSi. The van der Waals surface area contributed by atoms with Crippen molar-refractivity contribution in [1.82, 2.24) is 0 Å². The quantitative estimate of drug-likeness (QED) is 0.0750. The van der Waals surface area contributed by atoms with Gasteiger partial charge in [0.05, 0.1) is 22.2 Å². The number of anilines is 3. The van der Waals surface area contributed by atoms with Gasteiger partial charge in [-0.1, -0.05) is 206 Å². The lowest BCUT2D eigenvalue weighted by molar-refractivity contribution is -0.138. The molecule has 0 saturated carbocycles. The maximum Gasteiger partial charge on any atom is 0.416 e. The SMILES string of the molecule is FC(F)(F)c1ccc2c(c1)C(c1ccc(N(c3ccccc3)c3ccccc3-c3ccccc3)cc1)(c1ccc([Si](c3ccccc3)(c3ccccc3)c3ccccc3)cc1)c1cc(C(F)(F)F)ccc1-2. The van der Waals surface area contributed by atoms with Gasteiger partial charge in [-0.3, -0.25) is 0 Å². The molecule has 0 amide bonds. The third-order valence-corrected chi connectivity index (χ3v) is 18.8. The molecule has 0 unspecified atom stereocenters. The largest absolute Gasteiger partial charge is 0.416 e. The van der Waals surface area contributed by atoms with Crippen molar-refractivity contribution in [3.63, 3.8) is 0 Å². The number of hydrogen-bond donors (Lipinski definition) is 0. The van der Waals surface area contributed by atoms with Crippen LogP contribution in [0.5, 0.6) is 0 Å². The first-order valence-electron chi connectivity index (χ1n) is 23.3. The number of nitrogens with zero attached hydrogens (tertiary/aromatic N) is 1. The van der Waals surface area contributed by atoms with Gasteiger partial charge in [-0.05, 0) is 114 Å². The van der Waals surface area contributed by atoms with Gasteiger partial charge in [0.15, 0.2) is 8.07 Å². The minimum absolute atomic E-state index is 0.245. The molecule has 0 saturated heterocycles. The first-order chi connectivity index (χ1) is 34.5. The first kappa shape index (κ1) is 45.3. The maximum absolute atomic E-state index is 15.0. The van der Waals surface area contributed by atoms with Crippen LogP contribution in [0.2, 0.25) is 0 Å². The Morgan fingerprint density at radius 2 is 0.690 bits per heavy atom. The lowest BCUT2D eigenvalue weighted by Gasteiger charge is -2.37. The van der Waals surface area contributed by atoms with Crippen molar-refractivity contribution < 1.29 is 26.3 Å². The Hall–Kier alpha value is -8.20. The zero-order valence-corrected chi connectivity index (χ0v) is 39.0. The van der Waals surface area contributed by atoms with Crippen LogP contribution in [0, 0.1) is 0 Å². The molecule has 0 aliphatic heterocycles. The molecule has 0 fully saturated rings. The standard InChI is InChI=1S/C63H43F6NSi/c64-62(65,66)47-34-40-56-57-41-35-48(63(67,68)69)43-59(57)61(58(56)42-47,45-30-36-50(37-31-45)70(49-20-8-2-9-21-49)60-29-17-16-28-55(60)44-18-6-1-7-19-44)46-32-38-54(39-33-46)71(51-22-10-3-11-23-51,52-24-12-4-13-25-52)53-26-14-5-15-27-53/h1-43H. The van der Waals surface area contributed by atoms with E-state index in [2.05, 4.69) is 47.4 Å². The normalized spacial score (nSPS) is 13.0. The molecule has 1 aliphatic rings. The summed E-state index contributed by atoms with van der Waals surface area (Å²) in [6.45, 7) is 0. The smallest absolute Gasteiger partial charge is 0.310 e. The van der Waals surface area contributed by atoms with Gasteiger partial charge < -0.3 is 4.90 Å². The Balaban J connectivity index is 1.18. The van der Waals surface area contributed by atoms with Crippen LogP contribution in [0.15, 0.2) is 261 Å². The lowest BCUT2D eigenvalue weighted by atomic mass is 9.67. The highest BCUT2D eigenvalue weighted by Crippen LogP contribution is 2.58. The Labute approximate surface area is 409 Å². The molecule has 0 atom stereocenters. The summed E-state index contributed by atoms with van der Waals surface area (Å²) >= 11 is 0. The third-order valence-electron chi connectivity index (χ3n) is 14.0. The number of hydrogen-bond acceptors (Lipinski definition) is 1. The van der Waals surface area contributed by atoms with E-state index in [0.29, 0.717) is 22.3 Å². The molecule has 10 aromatic carbocycles. The molecule has 10 aromatic rings. The highest BCUT2D eigenvalue weighted by atomic mass is 28.3. The van der Waals surface area contributed by atoms with Crippen molar-refractivity contribution in [3.8, 4) is 22.3 Å². The zero-order valence-electron chi connectivity index (χ0n) is 38.0. The highest BCUT2D eigenvalue weighted by molar-refractivity contribution is 7.19. The molecule has 0 N–H and O–H groups in total. The Morgan fingerprint density at radius 3 is 1.14 bits per heavy atom. The molecule has 1 aliphatic carbocycles. The topological polar surface area (TPSA) is 3.24 Å². The molecule has 71 heavy (non-hydrogen) atoms. The van der Waals surface area contributed by atoms with Crippen LogP contribution in [0.25, 0.3) is 22.3 Å². The zero-order chi connectivity index (χ0) is 48.8. The first-order valence-corrected chi connectivity index (χ1v) is 25.3. The van der Waals surface area contributed by atoms with Gasteiger partial charge in [-0.2, -0.15) is 26.3 Å². The van der Waals surface area contributed by atoms with E-state index in [0.717, 1.165) is 73.2 Å². The van der Waals surface area contributed by atoms with Crippen LogP contribution in [-0.2, 0) is 17.8 Å². The minimum Gasteiger partial charge on any atom is -0.310 e. The van der Waals surface area contributed by atoms with Gasteiger partial charge in [0.2, 0.25) is 0 Å². The molecular weight excluding hydrogens is 913 g/mol. The molecule has 0 radical (unpaired) electrons. The van der Waals surface area contributed by atoms with Gasteiger partial charge in [0.1, 0.15) is 0 Å². The predicted octanol–water partition coefficient (Wildman–Crippen LogP) is 14.6. The Morgan fingerprint density at radius 1 is 0.324 bits per heavy atom. The van der Waals surface area contributed by atoms with Gasteiger partial charge >= 0.3 is 12.4 Å². The summed E-state index contributed by atoms with van der Waals surface area (Å²) < 4.78 is 90.0. The second kappa shape index (κ2) is 18.0. The summed E-state index contributed by atoms with van der Waals surface area (Å²) in [5, 5.41) is 4.35. The third kappa shape index (κ3) is 7.76. The summed E-state index contributed by atoms with van der Waals surface area (Å²) in [5.74, 6) is 0. The number of para-hydroxylation sites is 2. The predicted molar refractivity (Wildman–Crippen MR) is 277 cm³/mol. The van der Waals surface area contributed by atoms with Crippen molar-refractivity contribution in [2.75, 3.05) is 4.90 Å². The second-order valence-corrected chi connectivity index (χ2v) is 21.6. The van der Waals surface area contributed by atoms with Crippen molar-refractivity contribution >= 4 is 45.9 Å². The summed E-state index contributed by atoms with van der Waals surface area (Å²) in [5.41, 5.74) is 3.41. The van der Waals surface area contributed by atoms with E-state index in [9.17, 15) is 26.3 Å². The van der Waals surface area contributed by atoms with Gasteiger partial charge in [-0.25, -0.2) is 0 Å². The van der Waals surface area contributed by atoms with Crippen LogP contribution in [0.1, 0.15) is 33.4 Å². The summed E-state index contributed by atoms with van der Waals surface area (Å²) in [7, 11) is -3.09. The number of fused-ring (bicyclic) bond motifs is 3. The van der Waals surface area contributed by atoms with Crippen LogP contribution in [0.3, 0.4) is 0 Å². The van der Waals surface area contributed by atoms with Crippen molar-refractivity contribution in [2.45, 2.75) is 17.8 Å². The van der Waals surface area contributed by atoms with E-state index < -0.39 is 37.0 Å². The van der Waals surface area contributed by atoms with Crippen LogP contribution >= 0.6 is 0 Å². The average molecular weight is 956 g/mol. The molecule has 8 heteroatoms. The maximum atomic E-state index is 15.0. The number of rotatable bonds is 10. The molecule has 1 nitrogen and oxygen atoms in total. The fraction of sp³-hybridized carbons (Fsp3) is 0.0476. The van der Waals surface area contributed by atoms with E-state index >= 15 is 0 Å². The highest BCUT2D eigenvalue weighted by Gasteiger charge is 2.50. The fourth-order valence-electron chi connectivity index (χ4n) is 10.9. The van der Waals surface area contributed by atoms with Crippen molar-refractivity contribution in [3.05, 3.63) is 294 Å². The Bertz CT molecular complexity index is 3310. The van der Waals surface area contributed by atoms with Crippen LogP contribution in [-0.4, -0.2) is 8.07 Å². The van der Waals surface area contributed by atoms with Crippen LogP contribution in [0.4, 0.5) is 43.4 Å². The van der Waals surface area contributed by atoms with E-state index in [1.54, 1.807) is 0 Å². The summed E-state index contributed by atoms with van der Waals surface area (Å²) in [6.07, 6.45) is -9.48. The molecule has 11 rings (SSSR count). The number of halogens is 6. The van der Waals surface area contributed by atoms with E-state index in [-0.39, 0.29) is 11.1 Å². The summed E-state index contributed by atoms with van der Waals surface area (Å²) in [4.78, 5) is 2.12. The van der Waals surface area contributed by atoms with Gasteiger partial charge in [0.25, 0.3) is 0 Å². The Kier molecular flexibility index (Phi) is 11.4. The monoisotopic (exact) mass is 955 g/mol. The van der Waals surface area contributed by atoms with E-state index in [1.807, 2.05) is 182 Å². The lowest BCUT2D eigenvalue weighted by Crippen LogP contribution is -2.74. The summed E-state index contributed by atoms with van der Waals surface area (Å²) in [6, 6.07) is 81.5. The minimum atomic E-state index is -4.74. The van der Waals surface area contributed by atoms with Crippen molar-refractivity contribution in [1.29, 1.82) is 0 Å². The average Bonchev–Trinajstić information content (AvgIpc) is 3.71. The second-order valence-electron chi connectivity index (χ2n) is 17.8. The number of benzene rings is 10. The molecule has 0 aromatic heterocycles. The van der Waals surface area contributed by atoms with E-state index in [1.165, 1.54) is 12.1 Å².